The second-order valence-corrected chi connectivity index (χ2v) is 6.00. The fourth-order valence-electron chi connectivity index (χ4n) is 3.93. The molecular formula is C16H23NO. The lowest BCUT2D eigenvalue weighted by Gasteiger charge is -2.53. The van der Waals surface area contributed by atoms with Crippen LogP contribution in [0.3, 0.4) is 0 Å². The van der Waals surface area contributed by atoms with Gasteiger partial charge in [-0.3, -0.25) is 0 Å². The molecule has 2 fully saturated rings. The van der Waals surface area contributed by atoms with Gasteiger partial charge in [-0.05, 0) is 37.7 Å². The third-order valence-electron chi connectivity index (χ3n) is 5.07. The van der Waals surface area contributed by atoms with E-state index in [1.165, 1.54) is 18.4 Å². The molecule has 3 rings (SSSR count). The summed E-state index contributed by atoms with van der Waals surface area (Å²) in [6.07, 6.45) is 5.49. The molecule has 3 unspecified atom stereocenters. The van der Waals surface area contributed by atoms with E-state index in [0.29, 0.717) is 12.0 Å². The Hall–Kier alpha value is -0.860. The smallest absolute Gasteiger partial charge is 0.0728 e. The fourth-order valence-corrected chi connectivity index (χ4v) is 3.93. The molecule has 1 aromatic rings. The van der Waals surface area contributed by atoms with Gasteiger partial charge in [-0.15, -0.1) is 0 Å². The van der Waals surface area contributed by atoms with Gasteiger partial charge in [0, 0.05) is 12.0 Å². The van der Waals surface area contributed by atoms with Gasteiger partial charge in [0.2, 0.25) is 0 Å². The van der Waals surface area contributed by atoms with Crippen molar-refractivity contribution < 1.29 is 5.11 Å². The number of hydrogen-bond acceptors (Lipinski definition) is 2. The highest BCUT2D eigenvalue weighted by atomic mass is 16.3. The first-order valence-corrected chi connectivity index (χ1v) is 7.23. The molecule has 0 spiro atoms. The maximum absolute atomic E-state index is 10.5. The number of hydrogen-bond donors (Lipinski definition) is 2. The first kappa shape index (κ1) is 12.2. The van der Waals surface area contributed by atoms with Crippen molar-refractivity contribution >= 4 is 0 Å². The number of rotatable bonds is 2. The second-order valence-electron chi connectivity index (χ2n) is 6.00. The van der Waals surface area contributed by atoms with Crippen LogP contribution in [-0.2, 0) is 0 Å². The van der Waals surface area contributed by atoms with Crippen LogP contribution in [0.15, 0.2) is 30.3 Å². The number of fused-ring (bicyclic) bond motifs is 2. The third kappa shape index (κ3) is 1.88. The van der Waals surface area contributed by atoms with Crippen molar-refractivity contribution in [1.82, 2.24) is 5.32 Å². The predicted molar refractivity (Wildman–Crippen MR) is 73.6 cm³/mol. The summed E-state index contributed by atoms with van der Waals surface area (Å²) in [6, 6.07) is 11.2. The van der Waals surface area contributed by atoms with Crippen LogP contribution in [0.25, 0.3) is 0 Å². The lowest BCUT2D eigenvalue weighted by molar-refractivity contribution is -0.0240. The maximum Gasteiger partial charge on any atom is 0.0728 e. The minimum atomic E-state index is -0.204. The van der Waals surface area contributed by atoms with Crippen LogP contribution in [0.1, 0.15) is 50.5 Å². The Kier molecular flexibility index (Phi) is 3.16. The van der Waals surface area contributed by atoms with Gasteiger partial charge in [0.05, 0.1) is 11.6 Å². The molecule has 2 N–H and O–H groups in total. The minimum Gasteiger partial charge on any atom is -0.391 e. The van der Waals surface area contributed by atoms with E-state index in [1.807, 2.05) is 0 Å². The molecule has 18 heavy (non-hydrogen) atoms. The number of piperidine rings is 2. The van der Waals surface area contributed by atoms with E-state index < -0.39 is 0 Å². The van der Waals surface area contributed by atoms with Crippen molar-refractivity contribution in [3.05, 3.63) is 35.9 Å². The van der Waals surface area contributed by atoms with Crippen molar-refractivity contribution in [3.8, 4) is 0 Å². The largest absolute Gasteiger partial charge is 0.391 e. The van der Waals surface area contributed by atoms with Gasteiger partial charge in [0.15, 0.2) is 0 Å². The molecule has 2 aliphatic heterocycles. The van der Waals surface area contributed by atoms with E-state index in [2.05, 4.69) is 42.6 Å². The first-order chi connectivity index (χ1) is 8.72. The number of nitrogens with one attached hydrogen (secondary N) is 1. The van der Waals surface area contributed by atoms with Gasteiger partial charge in [0.1, 0.15) is 0 Å². The average molecular weight is 245 g/mol. The minimum absolute atomic E-state index is 0.0947. The Balaban J connectivity index is 1.92. The standard InChI is InChI=1S/C16H23NO/c1-12(13-6-3-2-4-7-13)16-11-5-8-14(17-16)9-10-15(16)18/h2-4,6-7,12,14-15,17-18H,5,8-11H2,1H3/t12-,14?,15?,16?/m1/s1. The fraction of sp³-hybridized carbons (Fsp3) is 0.625. The average Bonchev–Trinajstić information content (AvgIpc) is 2.44. The molecule has 98 valence electrons. The molecule has 2 saturated heterocycles. The lowest BCUT2D eigenvalue weighted by atomic mass is 9.66. The number of aliphatic hydroxyl groups excluding tert-OH is 1. The molecular weight excluding hydrogens is 222 g/mol. The monoisotopic (exact) mass is 245 g/mol. The zero-order valence-electron chi connectivity index (χ0n) is 11.1. The molecule has 4 atom stereocenters. The predicted octanol–water partition coefficient (Wildman–Crippen LogP) is 2.83. The Bertz CT molecular complexity index is 405. The molecule has 0 aromatic heterocycles. The van der Waals surface area contributed by atoms with Crippen LogP contribution in [0.5, 0.6) is 0 Å². The Morgan fingerprint density at radius 1 is 1.22 bits per heavy atom. The van der Waals surface area contributed by atoms with Crippen molar-refractivity contribution in [3.63, 3.8) is 0 Å². The zero-order chi connectivity index (χ0) is 12.6. The summed E-state index contributed by atoms with van der Waals surface area (Å²) in [5.74, 6) is 0.372. The topological polar surface area (TPSA) is 32.3 Å². The second kappa shape index (κ2) is 4.67. The van der Waals surface area contributed by atoms with Crippen LogP contribution in [-0.4, -0.2) is 22.8 Å². The number of aliphatic hydroxyl groups is 1. The van der Waals surface area contributed by atoms with Crippen molar-refractivity contribution in [1.29, 1.82) is 0 Å². The number of benzene rings is 1. The molecule has 0 saturated carbocycles. The van der Waals surface area contributed by atoms with E-state index in [1.54, 1.807) is 0 Å². The van der Waals surface area contributed by atoms with E-state index in [9.17, 15) is 5.11 Å². The third-order valence-corrected chi connectivity index (χ3v) is 5.07. The SMILES string of the molecule is C[C@H](c1ccccc1)C12CCCC(CCC1O)N2. The van der Waals surface area contributed by atoms with Gasteiger partial charge < -0.3 is 10.4 Å². The summed E-state index contributed by atoms with van der Waals surface area (Å²) in [5, 5.41) is 14.3. The molecule has 0 amide bonds. The van der Waals surface area contributed by atoms with Crippen LogP contribution >= 0.6 is 0 Å². The van der Waals surface area contributed by atoms with Gasteiger partial charge in [-0.2, -0.15) is 0 Å². The van der Waals surface area contributed by atoms with Crippen LogP contribution in [0.2, 0.25) is 0 Å². The van der Waals surface area contributed by atoms with Gasteiger partial charge in [-0.25, -0.2) is 0 Å². The summed E-state index contributed by atoms with van der Waals surface area (Å²) >= 11 is 0. The molecule has 0 radical (unpaired) electrons. The highest BCUT2D eigenvalue weighted by Gasteiger charge is 2.48. The molecule has 2 heteroatoms. The molecule has 2 nitrogen and oxygen atoms in total. The summed E-state index contributed by atoms with van der Waals surface area (Å²) in [5.41, 5.74) is 1.24. The van der Waals surface area contributed by atoms with Gasteiger partial charge in [-0.1, -0.05) is 37.3 Å². The summed E-state index contributed by atoms with van der Waals surface area (Å²) in [4.78, 5) is 0. The van der Waals surface area contributed by atoms with Crippen LogP contribution in [0.4, 0.5) is 0 Å². The van der Waals surface area contributed by atoms with Crippen molar-refractivity contribution in [2.45, 2.75) is 62.6 Å². The Morgan fingerprint density at radius 2 is 2.00 bits per heavy atom. The Morgan fingerprint density at radius 3 is 2.78 bits per heavy atom. The Labute approximate surface area is 109 Å². The molecule has 2 aliphatic rings. The summed E-state index contributed by atoms with van der Waals surface area (Å²) in [7, 11) is 0. The van der Waals surface area contributed by atoms with Crippen molar-refractivity contribution in [2.75, 3.05) is 0 Å². The highest BCUT2D eigenvalue weighted by Crippen LogP contribution is 2.43. The van der Waals surface area contributed by atoms with E-state index in [4.69, 9.17) is 0 Å². The first-order valence-electron chi connectivity index (χ1n) is 7.23. The van der Waals surface area contributed by atoms with E-state index in [-0.39, 0.29) is 11.6 Å². The van der Waals surface area contributed by atoms with E-state index in [0.717, 1.165) is 19.3 Å². The van der Waals surface area contributed by atoms with Crippen molar-refractivity contribution in [2.24, 2.45) is 0 Å². The summed E-state index contributed by atoms with van der Waals surface area (Å²) in [6.45, 7) is 2.26. The molecule has 2 bridgehead atoms. The molecule has 2 heterocycles. The van der Waals surface area contributed by atoms with Crippen LogP contribution in [0, 0.1) is 0 Å². The summed E-state index contributed by atoms with van der Waals surface area (Å²) < 4.78 is 0. The maximum atomic E-state index is 10.5. The van der Waals surface area contributed by atoms with Gasteiger partial charge >= 0.3 is 0 Å². The van der Waals surface area contributed by atoms with E-state index >= 15 is 0 Å². The highest BCUT2D eigenvalue weighted by molar-refractivity contribution is 5.26. The molecule has 0 aliphatic carbocycles. The zero-order valence-corrected chi connectivity index (χ0v) is 11.1. The molecule has 1 aromatic carbocycles. The van der Waals surface area contributed by atoms with Crippen LogP contribution < -0.4 is 5.32 Å². The normalized spacial score (nSPS) is 37.2. The lowest BCUT2D eigenvalue weighted by Crippen LogP contribution is -2.66. The van der Waals surface area contributed by atoms with Gasteiger partial charge in [0.25, 0.3) is 0 Å². The quantitative estimate of drug-likeness (QED) is 0.839.